The molecule has 0 fully saturated rings. The van der Waals surface area contributed by atoms with Crippen molar-refractivity contribution in [2.75, 3.05) is 0 Å². The van der Waals surface area contributed by atoms with Crippen LogP contribution >= 0.6 is 22.7 Å². The number of esters is 1. The van der Waals surface area contributed by atoms with Crippen LogP contribution in [0.15, 0.2) is 64.4 Å². The summed E-state index contributed by atoms with van der Waals surface area (Å²) < 4.78 is 5.31. The van der Waals surface area contributed by atoms with E-state index in [2.05, 4.69) is 10.5 Å². The molecule has 2 aromatic heterocycles. The Morgan fingerprint density at radius 3 is 2.46 bits per heavy atom. The Hall–Kier alpha value is -2.77. The van der Waals surface area contributed by atoms with E-state index in [-0.39, 0.29) is 5.91 Å². The van der Waals surface area contributed by atoms with Crippen LogP contribution in [0.25, 0.3) is 0 Å². The van der Waals surface area contributed by atoms with Crippen LogP contribution < -0.4 is 10.2 Å². The number of ether oxygens (including phenoxy) is 1. The first-order valence-corrected chi connectivity index (χ1v) is 8.71. The number of nitrogens with one attached hydrogen (secondary N) is 1. The quantitative estimate of drug-likeness (QED) is 0.327. The number of hydrogen-bond acceptors (Lipinski definition) is 6. The highest BCUT2D eigenvalue weighted by Crippen LogP contribution is 2.16. The fourth-order valence-electron chi connectivity index (χ4n) is 1.84. The highest BCUT2D eigenvalue weighted by molar-refractivity contribution is 7.12. The van der Waals surface area contributed by atoms with Crippen LogP contribution in [0.1, 0.15) is 24.9 Å². The fraction of sp³-hybridized carbons (Fsp3) is 0. The van der Waals surface area contributed by atoms with Crippen molar-refractivity contribution in [3.63, 3.8) is 0 Å². The molecule has 0 aliphatic heterocycles. The zero-order chi connectivity index (χ0) is 16.8. The Labute approximate surface area is 146 Å². The molecule has 3 rings (SSSR count). The maximum Gasteiger partial charge on any atom is 0.353 e. The average Bonchev–Trinajstić information content (AvgIpc) is 3.29. The molecule has 1 amide bonds. The first kappa shape index (κ1) is 16.1. The third kappa shape index (κ3) is 4.15. The first-order chi connectivity index (χ1) is 11.7. The summed E-state index contributed by atoms with van der Waals surface area (Å²) in [4.78, 5) is 24.8. The van der Waals surface area contributed by atoms with E-state index >= 15 is 0 Å². The lowest BCUT2D eigenvalue weighted by molar-refractivity contribution is 0.0739. The Morgan fingerprint density at radius 2 is 1.75 bits per heavy atom. The van der Waals surface area contributed by atoms with E-state index in [0.717, 1.165) is 0 Å². The second-order valence-corrected chi connectivity index (χ2v) is 6.51. The van der Waals surface area contributed by atoms with Gasteiger partial charge in [0.2, 0.25) is 0 Å². The zero-order valence-corrected chi connectivity index (χ0v) is 14.0. The molecular weight excluding hydrogens is 344 g/mol. The molecule has 3 aromatic rings. The van der Waals surface area contributed by atoms with Gasteiger partial charge in [0.25, 0.3) is 5.91 Å². The molecule has 0 unspecified atom stereocenters. The van der Waals surface area contributed by atoms with Gasteiger partial charge in [-0.3, -0.25) is 4.79 Å². The lowest BCUT2D eigenvalue weighted by Crippen LogP contribution is -2.16. The van der Waals surface area contributed by atoms with Gasteiger partial charge in [0.1, 0.15) is 10.6 Å². The van der Waals surface area contributed by atoms with Crippen molar-refractivity contribution in [3.8, 4) is 5.75 Å². The van der Waals surface area contributed by atoms with Gasteiger partial charge in [-0.2, -0.15) is 5.10 Å². The maximum absolute atomic E-state index is 11.9. The van der Waals surface area contributed by atoms with Crippen LogP contribution in [-0.2, 0) is 0 Å². The normalized spacial score (nSPS) is 10.7. The number of carbonyl (C=O) groups is 2. The Kier molecular flexibility index (Phi) is 5.15. The van der Waals surface area contributed by atoms with Crippen LogP contribution in [0.5, 0.6) is 5.75 Å². The smallest absolute Gasteiger partial charge is 0.353 e. The second-order valence-electron chi connectivity index (χ2n) is 4.62. The molecule has 120 valence electrons. The van der Waals surface area contributed by atoms with E-state index in [1.54, 1.807) is 48.5 Å². The van der Waals surface area contributed by atoms with Crippen LogP contribution in [0.4, 0.5) is 0 Å². The topological polar surface area (TPSA) is 67.8 Å². The SMILES string of the molecule is O=C(NN=Cc1cccc(OC(=O)c2cccs2)c1)c1cccs1. The molecule has 0 aliphatic carbocycles. The monoisotopic (exact) mass is 356 g/mol. The lowest BCUT2D eigenvalue weighted by Gasteiger charge is -2.03. The van der Waals surface area contributed by atoms with Crippen LogP contribution in [0.2, 0.25) is 0 Å². The first-order valence-electron chi connectivity index (χ1n) is 6.95. The second kappa shape index (κ2) is 7.67. The molecule has 0 atom stereocenters. The van der Waals surface area contributed by atoms with Gasteiger partial charge >= 0.3 is 5.97 Å². The minimum Gasteiger partial charge on any atom is -0.422 e. The highest BCUT2D eigenvalue weighted by Gasteiger charge is 2.09. The van der Waals surface area contributed by atoms with Gasteiger partial charge in [-0.25, -0.2) is 10.2 Å². The van der Waals surface area contributed by atoms with E-state index in [9.17, 15) is 9.59 Å². The summed E-state index contributed by atoms with van der Waals surface area (Å²) in [6.45, 7) is 0. The fourth-order valence-corrected chi connectivity index (χ4v) is 3.05. The summed E-state index contributed by atoms with van der Waals surface area (Å²) in [5.74, 6) is -0.242. The van der Waals surface area contributed by atoms with E-state index in [0.29, 0.717) is 21.1 Å². The molecule has 2 heterocycles. The molecule has 1 aromatic carbocycles. The number of nitrogens with zero attached hydrogens (tertiary/aromatic N) is 1. The summed E-state index contributed by atoms with van der Waals surface area (Å²) in [5, 5.41) is 7.55. The summed E-state index contributed by atoms with van der Waals surface area (Å²) in [5.41, 5.74) is 3.16. The number of carbonyl (C=O) groups excluding carboxylic acids is 2. The van der Waals surface area contributed by atoms with Crippen molar-refractivity contribution in [1.82, 2.24) is 5.43 Å². The predicted octanol–water partition coefficient (Wildman–Crippen LogP) is 3.79. The van der Waals surface area contributed by atoms with Crippen LogP contribution in [0.3, 0.4) is 0 Å². The Bertz CT molecular complexity index is 856. The third-order valence-electron chi connectivity index (χ3n) is 2.92. The standard InChI is InChI=1S/C17H12N2O3S2/c20-16(14-6-2-8-23-14)19-18-11-12-4-1-5-13(10-12)22-17(21)15-7-3-9-24-15/h1-11H,(H,19,20). The maximum atomic E-state index is 11.9. The molecule has 5 nitrogen and oxygen atoms in total. The van der Waals surface area contributed by atoms with Gasteiger partial charge in [-0.1, -0.05) is 24.3 Å². The molecule has 0 saturated heterocycles. The van der Waals surface area contributed by atoms with E-state index in [1.165, 1.54) is 28.9 Å². The molecule has 1 N–H and O–H groups in total. The number of hydrogen-bond donors (Lipinski definition) is 1. The molecule has 0 aliphatic rings. The van der Waals surface area contributed by atoms with E-state index in [4.69, 9.17) is 4.74 Å². The molecule has 0 saturated carbocycles. The highest BCUT2D eigenvalue weighted by atomic mass is 32.1. The van der Waals surface area contributed by atoms with Crippen molar-refractivity contribution < 1.29 is 14.3 Å². The summed E-state index contributed by atoms with van der Waals surface area (Å²) in [6.07, 6.45) is 1.49. The van der Waals surface area contributed by atoms with Gasteiger partial charge < -0.3 is 4.74 Å². The van der Waals surface area contributed by atoms with Crippen molar-refractivity contribution in [2.45, 2.75) is 0 Å². The zero-order valence-electron chi connectivity index (χ0n) is 12.3. The number of benzene rings is 1. The predicted molar refractivity (Wildman–Crippen MR) is 95.1 cm³/mol. The molecular formula is C17H12N2O3S2. The van der Waals surface area contributed by atoms with Gasteiger partial charge in [0, 0.05) is 0 Å². The minimum absolute atomic E-state index is 0.262. The van der Waals surface area contributed by atoms with Gasteiger partial charge in [0.15, 0.2) is 0 Å². The molecule has 24 heavy (non-hydrogen) atoms. The lowest BCUT2D eigenvalue weighted by atomic mass is 10.2. The van der Waals surface area contributed by atoms with E-state index in [1.807, 2.05) is 10.8 Å². The van der Waals surface area contributed by atoms with Gasteiger partial charge in [0.05, 0.1) is 11.1 Å². The number of thiophene rings is 2. The van der Waals surface area contributed by atoms with Gasteiger partial charge in [-0.15, -0.1) is 22.7 Å². The largest absolute Gasteiger partial charge is 0.422 e. The van der Waals surface area contributed by atoms with Crippen LogP contribution in [-0.4, -0.2) is 18.1 Å². The summed E-state index contributed by atoms with van der Waals surface area (Å²) in [6, 6.07) is 13.9. The van der Waals surface area contributed by atoms with Crippen molar-refractivity contribution in [3.05, 3.63) is 74.6 Å². The summed E-state index contributed by atoms with van der Waals surface area (Å²) in [7, 11) is 0. The minimum atomic E-state index is -0.398. The Morgan fingerprint density at radius 1 is 1.00 bits per heavy atom. The van der Waals surface area contributed by atoms with Gasteiger partial charge in [-0.05, 0) is 40.6 Å². The van der Waals surface area contributed by atoms with Crippen molar-refractivity contribution >= 4 is 40.8 Å². The molecule has 7 heteroatoms. The molecule has 0 bridgehead atoms. The molecule has 0 spiro atoms. The number of rotatable bonds is 5. The summed E-state index contributed by atoms with van der Waals surface area (Å²) >= 11 is 2.67. The molecule has 0 radical (unpaired) electrons. The van der Waals surface area contributed by atoms with Crippen molar-refractivity contribution in [1.29, 1.82) is 0 Å². The number of amides is 1. The average molecular weight is 356 g/mol. The van der Waals surface area contributed by atoms with Crippen LogP contribution in [0, 0.1) is 0 Å². The van der Waals surface area contributed by atoms with E-state index < -0.39 is 5.97 Å². The Balaban J connectivity index is 1.61. The third-order valence-corrected chi connectivity index (χ3v) is 4.63. The van der Waals surface area contributed by atoms with Crippen molar-refractivity contribution in [2.24, 2.45) is 5.10 Å². The number of hydrazone groups is 1.